The van der Waals surface area contributed by atoms with Crippen molar-refractivity contribution in [2.75, 3.05) is 32.6 Å². The van der Waals surface area contributed by atoms with E-state index in [9.17, 15) is 0 Å². The standard InChI is InChI=1S/C11H17BrN2OS/c1-15-8-7-13-5-3-9-16-11-10(12)4-2-6-14-11/h2,4,6,13H,3,5,7-9H2,1H3. The number of hydrogen-bond donors (Lipinski definition) is 1. The topological polar surface area (TPSA) is 34.1 Å². The van der Waals surface area contributed by atoms with E-state index in [0.717, 1.165) is 41.4 Å². The molecule has 1 rings (SSSR count). The number of pyridine rings is 1. The van der Waals surface area contributed by atoms with Crippen LogP contribution in [0.4, 0.5) is 0 Å². The summed E-state index contributed by atoms with van der Waals surface area (Å²) in [7, 11) is 1.72. The van der Waals surface area contributed by atoms with Crippen molar-refractivity contribution in [2.24, 2.45) is 0 Å². The van der Waals surface area contributed by atoms with Crippen molar-refractivity contribution in [1.82, 2.24) is 10.3 Å². The Kier molecular flexibility index (Phi) is 7.84. The van der Waals surface area contributed by atoms with E-state index in [4.69, 9.17) is 4.74 Å². The van der Waals surface area contributed by atoms with Gasteiger partial charge in [-0.2, -0.15) is 0 Å². The zero-order chi connectivity index (χ0) is 11.6. The van der Waals surface area contributed by atoms with E-state index in [1.165, 1.54) is 0 Å². The highest BCUT2D eigenvalue weighted by molar-refractivity contribution is 9.10. The molecule has 1 aromatic heterocycles. The molecule has 1 heterocycles. The van der Waals surface area contributed by atoms with Crippen molar-refractivity contribution >= 4 is 27.7 Å². The van der Waals surface area contributed by atoms with Gasteiger partial charge in [0, 0.05) is 30.1 Å². The van der Waals surface area contributed by atoms with Gasteiger partial charge in [0.15, 0.2) is 0 Å². The summed E-state index contributed by atoms with van der Waals surface area (Å²) in [6, 6.07) is 3.95. The Hall–Kier alpha value is -0.100. The number of nitrogens with one attached hydrogen (secondary N) is 1. The van der Waals surface area contributed by atoms with Gasteiger partial charge in [-0.1, -0.05) is 0 Å². The van der Waals surface area contributed by atoms with E-state index in [-0.39, 0.29) is 0 Å². The monoisotopic (exact) mass is 304 g/mol. The second kappa shape index (κ2) is 8.98. The molecule has 0 saturated carbocycles. The van der Waals surface area contributed by atoms with Gasteiger partial charge >= 0.3 is 0 Å². The fraction of sp³-hybridized carbons (Fsp3) is 0.545. The molecule has 0 spiro atoms. The number of thioether (sulfide) groups is 1. The summed E-state index contributed by atoms with van der Waals surface area (Å²) in [6.07, 6.45) is 2.96. The molecule has 3 nitrogen and oxygen atoms in total. The van der Waals surface area contributed by atoms with Gasteiger partial charge in [0.1, 0.15) is 5.03 Å². The second-order valence-corrected chi connectivity index (χ2v) is 5.17. The maximum atomic E-state index is 4.95. The van der Waals surface area contributed by atoms with Crippen molar-refractivity contribution in [3.63, 3.8) is 0 Å². The van der Waals surface area contributed by atoms with Crippen LogP contribution in [0.1, 0.15) is 6.42 Å². The van der Waals surface area contributed by atoms with Gasteiger partial charge in [0.05, 0.1) is 6.61 Å². The summed E-state index contributed by atoms with van der Waals surface area (Å²) in [4.78, 5) is 4.30. The Labute approximate surface area is 109 Å². The molecule has 0 aromatic carbocycles. The van der Waals surface area contributed by atoms with Crippen LogP contribution in [0.3, 0.4) is 0 Å². The van der Waals surface area contributed by atoms with Crippen LogP contribution in [-0.4, -0.2) is 37.5 Å². The minimum Gasteiger partial charge on any atom is -0.383 e. The lowest BCUT2D eigenvalue weighted by Crippen LogP contribution is -2.20. The molecule has 0 radical (unpaired) electrons. The van der Waals surface area contributed by atoms with E-state index in [1.54, 1.807) is 18.9 Å². The molecule has 0 fully saturated rings. The number of hydrogen-bond acceptors (Lipinski definition) is 4. The molecule has 1 aromatic rings. The average molecular weight is 305 g/mol. The first-order valence-electron chi connectivity index (χ1n) is 5.27. The van der Waals surface area contributed by atoms with Crippen LogP contribution in [0.2, 0.25) is 0 Å². The largest absolute Gasteiger partial charge is 0.383 e. The SMILES string of the molecule is COCCNCCCSc1ncccc1Br. The van der Waals surface area contributed by atoms with E-state index < -0.39 is 0 Å². The normalized spacial score (nSPS) is 10.6. The first-order valence-corrected chi connectivity index (χ1v) is 7.05. The van der Waals surface area contributed by atoms with Crippen LogP contribution in [0, 0.1) is 0 Å². The van der Waals surface area contributed by atoms with Gasteiger partial charge in [-0.15, -0.1) is 11.8 Å². The summed E-state index contributed by atoms with van der Waals surface area (Å²) < 4.78 is 6.03. The average Bonchev–Trinajstić information content (AvgIpc) is 2.30. The maximum Gasteiger partial charge on any atom is 0.110 e. The molecular formula is C11H17BrN2OS. The molecule has 0 aliphatic carbocycles. The highest BCUT2D eigenvalue weighted by Crippen LogP contribution is 2.24. The van der Waals surface area contributed by atoms with E-state index in [2.05, 4.69) is 26.2 Å². The van der Waals surface area contributed by atoms with Gasteiger partial charge in [0.25, 0.3) is 0 Å². The quantitative estimate of drug-likeness (QED) is 0.591. The molecule has 90 valence electrons. The lowest BCUT2D eigenvalue weighted by atomic mass is 10.5. The van der Waals surface area contributed by atoms with Gasteiger partial charge in [0.2, 0.25) is 0 Å². The van der Waals surface area contributed by atoms with E-state index >= 15 is 0 Å². The van der Waals surface area contributed by atoms with Gasteiger partial charge in [-0.3, -0.25) is 0 Å². The fourth-order valence-corrected chi connectivity index (χ4v) is 2.56. The highest BCUT2D eigenvalue weighted by atomic mass is 79.9. The number of aromatic nitrogens is 1. The third-order valence-corrected chi connectivity index (χ3v) is 3.94. The smallest absolute Gasteiger partial charge is 0.110 e. The summed E-state index contributed by atoms with van der Waals surface area (Å²) in [5, 5.41) is 4.39. The Morgan fingerprint density at radius 2 is 2.38 bits per heavy atom. The van der Waals surface area contributed by atoms with Crippen molar-refractivity contribution in [3.05, 3.63) is 22.8 Å². The van der Waals surface area contributed by atoms with Crippen LogP contribution in [0.5, 0.6) is 0 Å². The Morgan fingerprint density at radius 1 is 1.50 bits per heavy atom. The first kappa shape index (κ1) is 14.0. The molecule has 0 unspecified atom stereocenters. The first-order chi connectivity index (χ1) is 7.84. The lowest BCUT2D eigenvalue weighted by Gasteiger charge is -2.04. The Balaban J connectivity index is 2.05. The predicted molar refractivity (Wildman–Crippen MR) is 72.0 cm³/mol. The van der Waals surface area contributed by atoms with Crippen LogP contribution < -0.4 is 5.32 Å². The van der Waals surface area contributed by atoms with Crippen molar-refractivity contribution in [2.45, 2.75) is 11.4 Å². The number of halogens is 1. The molecule has 5 heteroatoms. The third-order valence-electron chi connectivity index (χ3n) is 1.94. The molecule has 0 bridgehead atoms. The zero-order valence-electron chi connectivity index (χ0n) is 9.41. The lowest BCUT2D eigenvalue weighted by molar-refractivity contribution is 0.199. The molecule has 0 aliphatic heterocycles. The second-order valence-electron chi connectivity index (χ2n) is 3.24. The molecule has 0 amide bonds. The van der Waals surface area contributed by atoms with Gasteiger partial charge in [-0.05, 0) is 41.0 Å². The summed E-state index contributed by atoms with van der Waals surface area (Å²) in [5.74, 6) is 1.08. The number of methoxy groups -OCH3 is 1. The fourth-order valence-electron chi connectivity index (χ4n) is 1.14. The van der Waals surface area contributed by atoms with Gasteiger partial charge < -0.3 is 10.1 Å². The minimum absolute atomic E-state index is 0.777. The number of rotatable bonds is 8. The summed E-state index contributed by atoms with van der Waals surface area (Å²) >= 11 is 5.27. The van der Waals surface area contributed by atoms with E-state index in [0.29, 0.717) is 0 Å². The Morgan fingerprint density at radius 3 is 3.12 bits per heavy atom. The number of ether oxygens (including phenoxy) is 1. The van der Waals surface area contributed by atoms with Crippen LogP contribution >= 0.6 is 27.7 Å². The molecule has 0 atom stereocenters. The number of nitrogens with zero attached hydrogens (tertiary/aromatic N) is 1. The van der Waals surface area contributed by atoms with Gasteiger partial charge in [-0.25, -0.2) is 4.98 Å². The molecule has 0 aliphatic rings. The summed E-state index contributed by atoms with van der Waals surface area (Å²) in [6.45, 7) is 2.73. The Bertz CT molecular complexity index is 299. The van der Waals surface area contributed by atoms with Crippen LogP contribution in [0.25, 0.3) is 0 Å². The molecule has 16 heavy (non-hydrogen) atoms. The van der Waals surface area contributed by atoms with Crippen molar-refractivity contribution in [3.8, 4) is 0 Å². The van der Waals surface area contributed by atoms with Crippen LogP contribution in [-0.2, 0) is 4.74 Å². The molecule has 0 saturated heterocycles. The van der Waals surface area contributed by atoms with Crippen molar-refractivity contribution in [1.29, 1.82) is 0 Å². The summed E-state index contributed by atoms with van der Waals surface area (Å²) in [5.41, 5.74) is 0. The zero-order valence-corrected chi connectivity index (χ0v) is 11.8. The molecular weight excluding hydrogens is 288 g/mol. The highest BCUT2D eigenvalue weighted by Gasteiger charge is 1.99. The molecule has 1 N–H and O–H groups in total. The maximum absolute atomic E-state index is 4.95. The third kappa shape index (κ3) is 5.84. The van der Waals surface area contributed by atoms with E-state index in [1.807, 2.05) is 18.3 Å². The minimum atomic E-state index is 0.777. The predicted octanol–water partition coefficient (Wildman–Crippen LogP) is 2.56. The van der Waals surface area contributed by atoms with Crippen LogP contribution in [0.15, 0.2) is 27.8 Å². The van der Waals surface area contributed by atoms with Crippen molar-refractivity contribution < 1.29 is 4.74 Å².